The molecule has 3 N–H and O–H groups in total. The Morgan fingerprint density at radius 3 is 2.36 bits per heavy atom. The van der Waals surface area contributed by atoms with E-state index >= 15 is 0 Å². The van der Waals surface area contributed by atoms with E-state index in [1.54, 1.807) is 6.26 Å². The predicted octanol–water partition coefficient (Wildman–Crippen LogP) is -0.310. The topological polar surface area (TPSA) is 55.1 Å². The zero-order valence-corrected chi connectivity index (χ0v) is 8.28. The summed E-state index contributed by atoms with van der Waals surface area (Å²) < 4.78 is 10.8. The van der Waals surface area contributed by atoms with Gasteiger partial charge in [-0.05, 0) is 13.8 Å². The van der Waals surface area contributed by atoms with Crippen molar-refractivity contribution in [3.8, 4) is 0 Å². The maximum absolute atomic E-state index is 10.8. The fourth-order valence-corrected chi connectivity index (χ4v) is 1.75. The van der Waals surface area contributed by atoms with Gasteiger partial charge in [0.25, 0.3) is 0 Å². The van der Waals surface area contributed by atoms with Gasteiger partial charge in [-0.25, -0.2) is 0 Å². The fourth-order valence-electron chi connectivity index (χ4n) is 0.954. The summed E-state index contributed by atoms with van der Waals surface area (Å²) in [7, 11) is -0.717. The standard InChI is InChI=1S/C7H18N2OS/c1-6(4-8)9-7(2)5-11(3)10/h6-7,9H,4-5,8H2,1-3H3. The van der Waals surface area contributed by atoms with Crippen molar-refractivity contribution in [2.75, 3.05) is 18.6 Å². The molecule has 0 aromatic rings. The predicted molar refractivity (Wildman–Crippen MR) is 50.0 cm³/mol. The Morgan fingerprint density at radius 2 is 2.00 bits per heavy atom. The largest absolute Gasteiger partial charge is 0.329 e. The summed E-state index contributed by atoms with van der Waals surface area (Å²) >= 11 is 0. The number of rotatable bonds is 5. The lowest BCUT2D eigenvalue weighted by Crippen LogP contribution is -2.41. The average Bonchev–Trinajstić information content (AvgIpc) is 1.85. The molecule has 0 heterocycles. The van der Waals surface area contributed by atoms with Crippen LogP contribution in [0.1, 0.15) is 13.8 Å². The highest BCUT2D eigenvalue weighted by Gasteiger charge is 2.06. The van der Waals surface area contributed by atoms with E-state index in [9.17, 15) is 4.21 Å². The van der Waals surface area contributed by atoms with Gasteiger partial charge in [-0.15, -0.1) is 0 Å². The van der Waals surface area contributed by atoms with Crippen LogP contribution in [0.15, 0.2) is 0 Å². The molecule has 0 radical (unpaired) electrons. The first-order chi connectivity index (χ1) is 5.06. The molecule has 0 aliphatic carbocycles. The van der Waals surface area contributed by atoms with Gasteiger partial charge in [-0.3, -0.25) is 4.21 Å². The van der Waals surface area contributed by atoms with Gasteiger partial charge in [-0.2, -0.15) is 0 Å². The van der Waals surface area contributed by atoms with Crippen LogP contribution in [0.5, 0.6) is 0 Å². The molecule has 0 aromatic carbocycles. The van der Waals surface area contributed by atoms with Crippen LogP contribution in [0.3, 0.4) is 0 Å². The number of nitrogens with one attached hydrogen (secondary N) is 1. The third-order valence-corrected chi connectivity index (χ3v) is 2.38. The minimum Gasteiger partial charge on any atom is -0.329 e. The molecule has 3 unspecified atom stereocenters. The third kappa shape index (κ3) is 6.47. The molecule has 3 nitrogen and oxygen atoms in total. The molecule has 0 aliphatic heterocycles. The summed E-state index contributed by atoms with van der Waals surface area (Å²) in [5, 5.41) is 3.24. The summed E-state index contributed by atoms with van der Waals surface area (Å²) in [5.41, 5.74) is 5.41. The van der Waals surface area contributed by atoms with E-state index in [-0.39, 0.29) is 0 Å². The number of hydrogen-bond acceptors (Lipinski definition) is 3. The molecule has 0 bridgehead atoms. The maximum Gasteiger partial charge on any atom is 0.0383 e. The van der Waals surface area contributed by atoms with Crippen molar-refractivity contribution in [1.29, 1.82) is 0 Å². The van der Waals surface area contributed by atoms with Crippen molar-refractivity contribution in [2.45, 2.75) is 25.9 Å². The first-order valence-corrected chi connectivity index (χ1v) is 5.55. The second-order valence-corrected chi connectivity index (χ2v) is 4.42. The molecule has 11 heavy (non-hydrogen) atoms. The molecule has 0 aromatic heterocycles. The Morgan fingerprint density at radius 1 is 1.45 bits per heavy atom. The van der Waals surface area contributed by atoms with Crippen LogP contribution >= 0.6 is 0 Å². The Bertz CT molecular complexity index is 130. The van der Waals surface area contributed by atoms with Gasteiger partial charge in [0, 0.05) is 41.4 Å². The van der Waals surface area contributed by atoms with Gasteiger partial charge >= 0.3 is 0 Å². The van der Waals surface area contributed by atoms with Crippen molar-refractivity contribution in [2.24, 2.45) is 5.73 Å². The third-order valence-electron chi connectivity index (χ3n) is 1.41. The van der Waals surface area contributed by atoms with Gasteiger partial charge < -0.3 is 11.1 Å². The van der Waals surface area contributed by atoms with Crippen molar-refractivity contribution in [1.82, 2.24) is 5.32 Å². The van der Waals surface area contributed by atoms with E-state index in [0.29, 0.717) is 24.4 Å². The molecule has 68 valence electrons. The number of hydrogen-bond donors (Lipinski definition) is 2. The van der Waals surface area contributed by atoms with E-state index < -0.39 is 10.8 Å². The number of nitrogens with two attached hydrogens (primary N) is 1. The Kier molecular flexibility index (Phi) is 5.72. The summed E-state index contributed by atoms with van der Waals surface area (Å²) in [5.74, 6) is 0.699. The lowest BCUT2D eigenvalue weighted by molar-refractivity contribution is 0.498. The van der Waals surface area contributed by atoms with Crippen LogP contribution < -0.4 is 11.1 Å². The van der Waals surface area contributed by atoms with E-state index in [2.05, 4.69) is 5.32 Å². The fraction of sp³-hybridized carbons (Fsp3) is 1.00. The highest BCUT2D eigenvalue weighted by atomic mass is 32.2. The van der Waals surface area contributed by atoms with Crippen molar-refractivity contribution in [3.05, 3.63) is 0 Å². The molecule has 3 atom stereocenters. The Balaban J connectivity index is 3.51. The Labute approximate surface area is 71.2 Å². The minimum atomic E-state index is -0.717. The summed E-state index contributed by atoms with van der Waals surface area (Å²) in [6, 6.07) is 0.605. The van der Waals surface area contributed by atoms with Crippen LogP contribution in [0, 0.1) is 0 Å². The zero-order chi connectivity index (χ0) is 8.85. The van der Waals surface area contributed by atoms with Gasteiger partial charge in [0.1, 0.15) is 0 Å². The van der Waals surface area contributed by atoms with Crippen LogP contribution in [-0.2, 0) is 10.8 Å². The van der Waals surface area contributed by atoms with Gasteiger partial charge in [0.05, 0.1) is 0 Å². The maximum atomic E-state index is 10.8. The van der Waals surface area contributed by atoms with E-state index in [0.717, 1.165) is 0 Å². The van der Waals surface area contributed by atoms with E-state index in [1.165, 1.54) is 0 Å². The second kappa shape index (κ2) is 5.69. The molecule has 0 saturated heterocycles. The zero-order valence-electron chi connectivity index (χ0n) is 7.46. The molecule has 0 spiro atoms. The molecular formula is C7H18N2OS. The first kappa shape index (κ1) is 11.1. The summed E-state index contributed by atoms with van der Waals surface area (Å²) in [6.45, 7) is 4.67. The highest BCUT2D eigenvalue weighted by molar-refractivity contribution is 7.84. The lowest BCUT2D eigenvalue weighted by Gasteiger charge is -2.17. The van der Waals surface area contributed by atoms with Crippen LogP contribution in [0.25, 0.3) is 0 Å². The van der Waals surface area contributed by atoms with Crippen LogP contribution in [-0.4, -0.2) is 34.8 Å². The molecule has 0 amide bonds. The summed E-state index contributed by atoms with van der Waals surface area (Å²) in [4.78, 5) is 0. The lowest BCUT2D eigenvalue weighted by atomic mass is 10.3. The Hall–Kier alpha value is 0.0700. The van der Waals surface area contributed by atoms with Crippen molar-refractivity contribution >= 4 is 10.8 Å². The smallest absolute Gasteiger partial charge is 0.0383 e. The molecule has 0 saturated carbocycles. The first-order valence-electron chi connectivity index (χ1n) is 3.82. The quantitative estimate of drug-likeness (QED) is 0.607. The molecular weight excluding hydrogens is 160 g/mol. The average molecular weight is 178 g/mol. The second-order valence-electron chi connectivity index (χ2n) is 2.94. The van der Waals surface area contributed by atoms with Gasteiger partial charge in [-0.1, -0.05) is 0 Å². The molecule has 0 fully saturated rings. The molecule has 4 heteroatoms. The monoisotopic (exact) mass is 178 g/mol. The normalized spacial score (nSPS) is 19.3. The van der Waals surface area contributed by atoms with Crippen molar-refractivity contribution in [3.63, 3.8) is 0 Å². The van der Waals surface area contributed by atoms with Crippen LogP contribution in [0.2, 0.25) is 0 Å². The molecule has 0 aliphatic rings. The highest BCUT2D eigenvalue weighted by Crippen LogP contribution is 1.88. The molecule has 0 rings (SSSR count). The minimum absolute atomic E-state index is 0.291. The van der Waals surface area contributed by atoms with Crippen molar-refractivity contribution < 1.29 is 4.21 Å². The van der Waals surface area contributed by atoms with Crippen LogP contribution in [0.4, 0.5) is 0 Å². The van der Waals surface area contributed by atoms with Gasteiger partial charge in [0.2, 0.25) is 0 Å². The summed E-state index contributed by atoms with van der Waals surface area (Å²) in [6.07, 6.45) is 1.71. The van der Waals surface area contributed by atoms with Gasteiger partial charge in [0.15, 0.2) is 0 Å². The van der Waals surface area contributed by atoms with E-state index in [1.807, 2.05) is 13.8 Å². The van der Waals surface area contributed by atoms with E-state index in [4.69, 9.17) is 5.73 Å². The SMILES string of the molecule is CC(CN)NC(C)CS(C)=O.